The number of alkyl halides is 3. The lowest BCUT2D eigenvalue weighted by molar-refractivity contribution is -0.137. The number of halogens is 5. The van der Waals surface area contributed by atoms with Crippen LogP contribution < -0.4 is 20.2 Å². The van der Waals surface area contributed by atoms with E-state index in [9.17, 15) is 40.8 Å². The van der Waals surface area contributed by atoms with Crippen molar-refractivity contribution in [3.05, 3.63) is 102 Å². The van der Waals surface area contributed by atoms with Crippen molar-refractivity contribution >= 4 is 85.4 Å². The number of imide groups is 1. The van der Waals surface area contributed by atoms with Gasteiger partial charge in [-0.15, -0.1) is 0 Å². The molecular formula is C29H19Cl2F3N4O6S3. The quantitative estimate of drug-likeness (QED) is 0.254. The van der Waals surface area contributed by atoms with Gasteiger partial charge in [0, 0.05) is 16.5 Å². The molecule has 244 valence electrons. The lowest BCUT2D eigenvalue weighted by atomic mass is 9.83. The number of sulfonamides is 1. The third-order valence-corrected chi connectivity index (χ3v) is 12.0. The molecule has 3 heterocycles. The van der Waals surface area contributed by atoms with Crippen molar-refractivity contribution in [2.45, 2.75) is 33.8 Å². The fourth-order valence-electron chi connectivity index (χ4n) is 5.57. The minimum Gasteiger partial charge on any atom is -0.325 e. The van der Waals surface area contributed by atoms with Crippen LogP contribution in [0.25, 0.3) is 0 Å². The first-order chi connectivity index (χ1) is 22.1. The second kappa shape index (κ2) is 12.1. The maximum absolute atomic E-state index is 14.0. The Kier molecular flexibility index (Phi) is 8.55. The Bertz CT molecular complexity index is 2140. The molecule has 47 heavy (non-hydrogen) atoms. The number of primary sulfonamides is 1. The lowest BCUT2D eigenvalue weighted by Crippen LogP contribution is -2.33. The van der Waals surface area contributed by atoms with Gasteiger partial charge in [-0.05, 0) is 48.0 Å². The van der Waals surface area contributed by atoms with Gasteiger partial charge in [-0.1, -0.05) is 70.6 Å². The van der Waals surface area contributed by atoms with Crippen molar-refractivity contribution in [1.29, 1.82) is 0 Å². The number of hydrogen-bond acceptors (Lipinski definition) is 8. The Morgan fingerprint density at radius 1 is 0.957 bits per heavy atom. The first-order valence-electron chi connectivity index (χ1n) is 13.4. The molecule has 1 fully saturated rings. The van der Waals surface area contributed by atoms with Gasteiger partial charge < -0.3 is 5.32 Å². The van der Waals surface area contributed by atoms with Gasteiger partial charge in [0.25, 0.3) is 0 Å². The highest BCUT2D eigenvalue weighted by molar-refractivity contribution is 8.00. The van der Waals surface area contributed by atoms with Crippen molar-refractivity contribution in [2.75, 3.05) is 10.2 Å². The van der Waals surface area contributed by atoms with Crippen LogP contribution in [-0.4, -0.2) is 36.0 Å². The van der Waals surface area contributed by atoms with E-state index in [2.05, 4.69) is 5.32 Å². The molecule has 1 aromatic heterocycles. The number of carbonyl (C=O) groups is 3. The number of anilines is 2. The van der Waals surface area contributed by atoms with Gasteiger partial charge in [0.05, 0.1) is 37.1 Å². The fraction of sp³-hybridized carbons (Fsp3) is 0.172. The van der Waals surface area contributed by atoms with E-state index < -0.39 is 73.7 Å². The van der Waals surface area contributed by atoms with Crippen molar-refractivity contribution in [3.63, 3.8) is 0 Å². The SMILES string of the molecule is NS(=O)(=O)c1ccc(NC(=O)Cn2c3c(sc2=O)[C@@H](c2cccc(Cl)c2Cl)[C@@H]2C(=O)N(c4ccccc4C(F)(F)F)C(=O)[C@@H]2S3)cc1. The molecule has 0 unspecified atom stereocenters. The predicted octanol–water partition coefficient (Wildman–Crippen LogP) is 5.32. The molecule has 0 aliphatic carbocycles. The highest BCUT2D eigenvalue weighted by Gasteiger charge is 2.58. The summed E-state index contributed by atoms with van der Waals surface area (Å²) in [6.07, 6.45) is -4.88. The van der Waals surface area contributed by atoms with Crippen LogP contribution >= 0.6 is 46.3 Å². The second-order valence-electron chi connectivity index (χ2n) is 10.5. The number of nitrogens with two attached hydrogens (primary N) is 1. The molecule has 0 saturated carbocycles. The van der Waals surface area contributed by atoms with Gasteiger partial charge in [0.2, 0.25) is 27.7 Å². The summed E-state index contributed by atoms with van der Waals surface area (Å²) in [7, 11) is -3.97. The number of thiazole rings is 1. The normalized spacial score (nSPS) is 19.4. The van der Waals surface area contributed by atoms with E-state index in [4.69, 9.17) is 28.3 Å². The third kappa shape index (κ3) is 5.98. The van der Waals surface area contributed by atoms with Gasteiger partial charge in [-0.25, -0.2) is 18.5 Å². The summed E-state index contributed by atoms with van der Waals surface area (Å²) in [4.78, 5) is 54.4. The van der Waals surface area contributed by atoms with Crippen LogP contribution in [0.1, 0.15) is 21.9 Å². The number of hydrogen-bond donors (Lipinski definition) is 2. The predicted molar refractivity (Wildman–Crippen MR) is 170 cm³/mol. The number of rotatable bonds is 6. The first-order valence-corrected chi connectivity index (χ1v) is 17.4. The maximum Gasteiger partial charge on any atom is 0.418 e. The molecule has 2 aliphatic rings. The number of aromatic nitrogens is 1. The molecule has 0 bridgehead atoms. The number of benzene rings is 3. The number of fused-ring (bicyclic) bond motifs is 2. The highest BCUT2D eigenvalue weighted by atomic mass is 35.5. The summed E-state index contributed by atoms with van der Waals surface area (Å²) in [5.74, 6) is -4.88. The van der Waals surface area contributed by atoms with Gasteiger partial charge in [-0.3, -0.25) is 23.7 Å². The summed E-state index contributed by atoms with van der Waals surface area (Å²) in [5, 5.41) is 6.66. The van der Waals surface area contributed by atoms with Crippen LogP contribution in [0.5, 0.6) is 0 Å². The van der Waals surface area contributed by atoms with Crippen molar-refractivity contribution in [3.8, 4) is 0 Å². The molecule has 3 atom stereocenters. The molecule has 3 aromatic carbocycles. The van der Waals surface area contributed by atoms with E-state index in [-0.39, 0.29) is 36.1 Å². The van der Waals surface area contributed by atoms with Gasteiger partial charge >= 0.3 is 11.0 Å². The molecule has 3 amide bonds. The molecule has 1 saturated heterocycles. The highest BCUT2D eigenvalue weighted by Crippen LogP contribution is 2.56. The largest absolute Gasteiger partial charge is 0.418 e. The van der Waals surface area contributed by atoms with E-state index >= 15 is 0 Å². The van der Waals surface area contributed by atoms with E-state index in [0.29, 0.717) is 16.2 Å². The Morgan fingerprint density at radius 3 is 2.30 bits per heavy atom. The fourth-order valence-corrected chi connectivity index (χ4v) is 9.27. The van der Waals surface area contributed by atoms with E-state index in [1.807, 2.05) is 0 Å². The van der Waals surface area contributed by atoms with E-state index in [0.717, 1.165) is 34.5 Å². The minimum absolute atomic E-state index is 0.0261. The average Bonchev–Trinajstić information content (AvgIpc) is 3.44. The first kappa shape index (κ1) is 33.2. The standard InChI is InChI=1S/C29H19Cl2F3N4O6S3/c30-17-6-3-4-15(22(17)31)20-21-23(26(41)38(25(21)40)18-7-2-1-5-16(18)29(32,33)34)45-27-24(20)46-28(42)37(27)12-19(39)36-13-8-10-14(11-9-13)47(35,43)44/h1-11,20-21,23H,12H2,(H,36,39)(H2,35,43,44)/t20-,21-,23+/m0/s1. The van der Waals surface area contributed by atoms with Crippen molar-refractivity contribution < 1.29 is 36.0 Å². The smallest absolute Gasteiger partial charge is 0.325 e. The molecule has 2 aliphatic heterocycles. The van der Waals surface area contributed by atoms with Gasteiger partial charge in [0.15, 0.2) is 0 Å². The van der Waals surface area contributed by atoms with Crippen LogP contribution in [-0.2, 0) is 37.1 Å². The molecule has 6 rings (SSSR count). The number of para-hydroxylation sites is 1. The second-order valence-corrected chi connectivity index (χ2v) is 14.9. The molecule has 18 heteroatoms. The van der Waals surface area contributed by atoms with Crippen molar-refractivity contribution in [1.82, 2.24) is 4.57 Å². The Hall–Kier alpha value is -3.67. The van der Waals surface area contributed by atoms with Gasteiger partial charge in [-0.2, -0.15) is 13.2 Å². The zero-order valence-corrected chi connectivity index (χ0v) is 27.3. The molecule has 0 radical (unpaired) electrons. The van der Waals surface area contributed by atoms with Crippen LogP contribution in [0.2, 0.25) is 10.0 Å². The van der Waals surface area contributed by atoms with Crippen LogP contribution in [0.15, 0.2) is 81.4 Å². The summed E-state index contributed by atoms with van der Waals surface area (Å²) < 4.78 is 66.1. The number of carbonyl (C=O) groups excluding carboxylic acids is 3. The van der Waals surface area contributed by atoms with Crippen molar-refractivity contribution in [2.24, 2.45) is 11.1 Å². The number of amides is 3. The summed E-state index contributed by atoms with van der Waals surface area (Å²) in [5.41, 5.74) is -1.33. The molecule has 0 spiro atoms. The summed E-state index contributed by atoms with van der Waals surface area (Å²) in [6.45, 7) is -0.551. The van der Waals surface area contributed by atoms with Gasteiger partial charge in [0.1, 0.15) is 11.8 Å². The lowest BCUT2D eigenvalue weighted by Gasteiger charge is -2.31. The minimum atomic E-state index is -4.88. The van der Waals surface area contributed by atoms with Crippen LogP contribution in [0.4, 0.5) is 24.5 Å². The number of nitrogens with one attached hydrogen (secondary N) is 1. The number of nitrogens with zero attached hydrogens (tertiary/aromatic N) is 2. The summed E-state index contributed by atoms with van der Waals surface area (Å²) >= 11 is 14.4. The van der Waals surface area contributed by atoms with E-state index in [1.54, 1.807) is 12.1 Å². The Morgan fingerprint density at radius 2 is 1.64 bits per heavy atom. The Labute approximate surface area is 282 Å². The third-order valence-electron chi connectivity index (χ3n) is 7.58. The molecular weight excluding hydrogens is 724 g/mol. The number of thioether (sulfide) groups is 1. The average molecular weight is 744 g/mol. The molecule has 10 nitrogen and oxygen atoms in total. The Balaban J connectivity index is 1.42. The van der Waals surface area contributed by atoms with Crippen LogP contribution in [0.3, 0.4) is 0 Å². The van der Waals surface area contributed by atoms with Crippen LogP contribution in [0, 0.1) is 5.92 Å². The monoisotopic (exact) mass is 742 g/mol. The summed E-state index contributed by atoms with van der Waals surface area (Å²) in [6, 6.07) is 13.8. The molecule has 4 aromatic rings. The molecule has 3 N–H and O–H groups in total. The zero-order chi connectivity index (χ0) is 34.0. The topological polar surface area (TPSA) is 149 Å². The maximum atomic E-state index is 14.0. The zero-order valence-electron chi connectivity index (χ0n) is 23.3. The van der Waals surface area contributed by atoms with E-state index in [1.165, 1.54) is 36.4 Å².